The van der Waals surface area contributed by atoms with Crippen molar-refractivity contribution in [3.8, 4) is 5.75 Å². The van der Waals surface area contributed by atoms with Crippen LogP contribution in [0.25, 0.3) is 0 Å². The first-order chi connectivity index (χ1) is 9.13. The molecule has 0 aliphatic rings. The Hall–Kier alpha value is -1.81. The number of carbonyl (C=O) groups excluding carboxylic acids is 1. The van der Waals surface area contributed by atoms with Crippen molar-refractivity contribution in [2.24, 2.45) is 0 Å². The van der Waals surface area contributed by atoms with Gasteiger partial charge in [0.15, 0.2) is 0 Å². The predicted octanol–water partition coefficient (Wildman–Crippen LogP) is 3.30. The van der Waals surface area contributed by atoms with Crippen LogP contribution in [0.4, 0.5) is 0 Å². The lowest BCUT2D eigenvalue weighted by Crippen LogP contribution is -2.23. The molecular formula is C15H17NO2S. The van der Waals surface area contributed by atoms with Crippen molar-refractivity contribution in [2.75, 3.05) is 7.11 Å². The molecule has 4 heteroatoms. The largest absolute Gasteiger partial charge is 0.496 e. The monoisotopic (exact) mass is 275 g/mol. The summed E-state index contributed by atoms with van der Waals surface area (Å²) in [5.41, 5.74) is 2.79. The van der Waals surface area contributed by atoms with Gasteiger partial charge in [0, 0.05) is 22.4 Å². The van der Waals surface area contributed by atoms with Crippen molar-refractivity contribution < 1.29 is 9.53 Å². The van der Waals surface area contributed by atoms with Gasteiger partial charge in [-0.25, -0.2) is 0 Å². The Morgan fingerprint density at radius 1 is 1.32 bits per heavy atom. The van der Waals surface area contributed by atoms with Crippen molar-refractivity contribution >= 4 is 17.2 Å². The summed E-state index contributed by atoms with van der Waals surface area (Å²) in [6, 6.07) is 7.69. The molecule has 0 aliphatic heterocycles. The Balaban J connectivity index is 2.07. The number of amides is 1. The number of aryl methyl sites for hydroxylation is 1. The molecule has 0 fully saturated rings. The lowest BCUT2D eigenvalue weighted by molar-refractivity contribution is 0.0950. The number of hydrogen-bond donors (Lipinski definition) is 1. The number of methoxy groups -OCH3 is 1. The second-order valence-corrected chi connectivity index (χ2v) is 5.41. The Bertz CT molecular complexity index is 590. The van der Waals surface area contributed by atoms with Crippen LogP contribution in [0.2, 0.25) is 0 Å². The molecule has 0 aliphatic carbocycles. The fourth-order valence-electron chi connectivity index (χ4n) is 1.86. The maximum absolute atomic E-state index is 12.1. The van der Waals surface area contributed by atoms with Crippen LogP contribution in [0.1, 0.15) is 26.4 Å². The van der Waals surface area contributed by atoms with Crippen molar-refractivity contribution in [2.45, 2.75) is 20.4 Å². The lowest BCUT2D eigenvalue weighted by Gasteiger charge is -2.09. The predicted molar refractivity (Wildman–Crippen MR) is 78.0 cm³/mol. The lowest BCUT2D eigenvalue weighted by atomic mass is 10.1. The Kier molecular flexibility index (Phi) is 4.22. The van der Waals surface area contributed by atoms with E-state index >= 15 is 0 Å². The van der Waals surface area contributed by atoms with Gasteiger partial charge < -0.3 is 10.1 Å². The van der Waals surface area contributed by atoms with Gasteiger partial charge in [0.1, 0.15) is 5.75 Å². The van der Waals surface area contributed by atoms with E-state index in [1.165, 1.54) is 4.88 Å². The summed E-state index contributed by atoms with van der Waals surface area (Å²) in [4.78, 5) is 13.3. The SMILES string of the molecule is COc1ccccc1CNC(=O)c1csc(C)c1C. The van der Waals surface area contributed by atoms with Crippen LogP contribution in [0.3, 0.4) is 0 Å². The molecule has 0 saturated carbocycles. The molecule has 3 nitrogen and oxygen atoms in total. The fourth-order valence-corrected chi connectivity index (χ4v) is 2.72. The third kappa shape index (κ3) is 2.96. The van der Waals surface area contributed by atoms with Gasteiger partial charge >= 0.3 is 0 Å². The normalized spacial score (nSPS) is 10.3. The highest BCUT2D eigenvalue weighted by atomic mass is 32.1. The zero-order valence-corrected chi connectivity index (χ0v) is 12.1. The number of rotatable bonds is 4. The van der Waals surface area contributed by atoms with Crippen LogP contribution in [0.5, 0.6) is 5.75 Å². The van der Waals surface area contributed by atoms with E-state index in [1.54, 1.807) is 18.4 Å². The number of ether oxygens (including phenoxy) is 1. The summed E-state index contributed by atoms with van der Waals surface area (Å²) in [6.45, 7) is 4.47. The molecule has 1 amide bonds. The Morgan fingerprint density at radius 2 is 2.05 bits per heavy atom. The van der Waals surface area contributed by atoms with E-state index in [0.717, 1.165) is 22.4 Å². The van der Waals surface area contributed by atoms with Crippen molar-refractivity contribution in [3.05, 3.63) is 51.2 Å². The number of hydrogen-bond acceptors (Lipinski definition) is 3. The maximum atomic E-state index is 12.1. The van der Waals surface area contributed by atoms with E-state index in [9.17, 15) is 4.79 Å². The highest BCUT2D eigenvalue weighted by molar-refractivity contribution is 7.10. The van der Waals surface area contributed by atoms with E-state index in [-0.39, 0.29) is 5.91 Å². The average Bonchev–Trinajstić information content (AvgIpc) is 2.77. The van der Waals surface area contributed by atoms with Gasteiger partial charge in [-0.3, -0.25) is 4.79 Å². The third-order valence-corrected chi connectivity index (χ3v) is 4.18. The Morgan fingerprint density at radius 3 is 2.68 bits per heavy atom. The summed E-state index contributed by atoms with van der Waals surface area (Å²) in [7, 11) is 1.63. The summed E-state index contributed by atoms with van der Waals surface area (Å²) in [6.07, 6.45) is 0. The molecule has 1 N–H and O–H groups in total. The molecule has 1 aromatic heterocycles. The molecule has 1 aromatic carbocycles. The molecule has 2 rings (SSSR count). The molecule has 0 unspecified atom stereocenters. The molecule has 19 heavy (non-hydrogen) atoms. The number of carbonyl (C=O) groups is 1. The molecule has 2 aromatic rings. The van der Waals surface area contributed by atoms with E-state index in [4.69, 9.17) is 4.74 Å². The Labute approximate surface area is 117 Å². The minimum absolute atomic E-state index is 0.0345. The van der Waals surface area contributed by atoms with Crippen molar-refractivity contribution in [1.82, 2.24) is 5.32 Å². The zero-order chi connectivity index (χ0) is 13.8. The van der Waals surface area contributed by atoms with Crippen LogP contribution in [-0.4, -0.2) is 13.0 Å². The highest BCUT2D eigenvalue weighted by Gasteiger charge is 2.12. The van der Waals surface area contributed by atoms with Gasteiger partial charge in [0.2, 0.25) is 0 Å². The number of thiophene rings is 1. The molecule has 0 saturated heterocycles. The first kappa shape index (κ1) is 13.6. The van der Waals surface area contributed by atoms with Crippen LogP contribution >= 0.6 is 11.3 Å². The fraction of sp³-hybridized carbons (Fsp3) is 0.267. The van der Waals surface area contributed by atoms with E-state index in [1.807, 2.05) is 43.5 Å². The standard InChI is InChI=1S/C15H17NO2S/c1-10-11(2)19-9-13(10)15(17)16-8-12-6-4-5-7-14(12)18-3/h4-7,9H,8H2,1-3H3,(H,16,17). The minimum Gasteiger partial charge on any atom is -0.496 e. The second kappa shape index (κ2) is 5.89. The number of benzene rings is 1. The van der Waals surface area contributed by atoms with Crippen molar-refractivity contribution in [3.63, 3.8) is 0 Å². The van der Waals surface area contributed by atoms with Crippen LogP contribution < -0.4 is 10.1 Å². The number of para-hydroxylation sites is 1. The molecule has 0 spiro atoms. The van der Waals surface area contributed by atoms with Gasteiger partial charge in [0.05, 0.1) is 12.7 Å². The first-order valence-electron chi connectivity index (χ1n) is 6.08. The molecular weight excluding hydrogens is 258 g/mol. The molecule has 0 bridgehead atoms. The van der Waals surface area contributed by atoms with Crippen LogP contribution in [-0.2, 0) is 6.54 Å². The summed E-state index contributed by atoms with van der Waals surface area (Å²) < 4.78 is 5.26. The molecule has 1 heterocycles. The average molecular weight is 275 g/mol. The zero-order valence-electron chi connectivity index (χ0n) is 11.3. The summed E-state index contributed by atoms with van der Waals surface area (Å²) in [5, 5.41) is 4.84. The second-order valence-electron chi connectivity index (χ2n) is 4.33. The van der Waals surface area contributed by atoms with Crippen molar-refractivity contribution in [1.29, 1.82) is 0 Å². The van der Waals surface area contributed by atoms with E-state index < -0.39 is 0 Å². The third-order valence-electron chi connectivity index (χ3n) is 3.16. The smallest absolute Gasteiger partial charge is 0.252 e. The van der Waals surface area contributed by atoms with Gasteiger partial charge in [-0.05, 0) is 25.5 Å². The van der Waals surface area contributed by atoms with E-state index in [0.29, 0.717) is 6.54 Å². The van der Waals surface area contributed by atoms with E-state index in [2.05, 4.69) is 5.32 Å². The van der Waals surface area contributed by atoms with Crippen LogP contribution in [0, 0.1) is 13.8 Å². The van der Waals surface area contributed by atoms with Gasteiger partial charge in [-0.1, -0.05) is 18.2 Å². The summed E-state index contributed by atoms with van der Waals surface area (Å²) >= 11 is 1.60. The summed E-state index contributed by atoms with van der Waals surface area (Å²) in [5.74, 6) is 0.758. The molecule has 0 atom stereocenters. The molecule has 0 radical (unpaired) electrons. The van der Waals surface area contributed by atoms with Crippen LogP contribution in [0.15, 0.2) is 29.6 Å². The van der Waals surface area contributed by atoms with Gasteiger partial charge in [0.25, 0.3) is 5.91 Å². The highest BCUT2D eigenvalue weighted by Crippen LogP contribution is 2.21. The quantitative estimate of drug-likeness (QED) is 0.929. The maximum Gasteiger partial charge on any atom is 0.252 e. The van der Waals surface area contributed by atoms with Gasteiger partial charge in [-0.2, -0.15) is 0 Å². The first-order valence-corrected chi connectivity index (χ1v) is 6.96. The number of nitrogens with one attached hydrogen (secondary N) is 1. The minimum atomic E-state index is -0.0345. The van der Waals surface area contributed by atoms with Gasteiger partial charge in [-0.15, -0.1) is 11.3 Å². The topological polar surface area (TPSA) is 38.3 Å². The molecule has 100 valence electrons.